The van der Waals surface area contributed by atoms with Crippen molar-refractivity contribution in [2.24, 2.45) is 0 Å². The number of aryl methyl sites for hydroxylation is 1. The number of aromatic nitrogens is 2. The van der Waals surface area contributed by atoms with Crippen LogP contribution in [0.3, 0.4) is 0 Å². The summed E-state index contributed by atoms with van der Waals surface area (Å²) in [5.74, 6) is 1.00. The molecule has 0 unspecified atom stereocenters. The highest BCUT2D eigenvalue weighted by atomic mass is 32.2. The van der Waals surface area contributed by atoms with Gasteiger partial charge in [0, 0.05) is 49.7 Å². The second-order valence-corrected chi connectivity index (χ2v) is 10.3. The zero-order valence-corrected chi connectivity index (χ0v) is 20.3. The van der Waals surface area contributed by atoms with Crippen LogP contribution in [-0.2, 0) is 21.2 Å². The van der Waals surface area contributed by atoms with Crippen LogP contribution in [0.5, 0.6) is 0 Å². The Kier molecular flexibility index (Phi) is 7.01. The minimum Gasteiger partial charge on any atom is -0.392 e. The lowest BCUT2D eigenvalue weighted by atomic mass is 10.1. The SMILES string of the molecule is Cc1ccc(CO)cc1N(C)c1ccnc(Nc2cc(N3CCOCC3)cc(S(C)(=O)=O)c2)n1. The highest BCUT2D eigenvalue weighted by Crippen LogP contribution is 2.30. The van der Waals surface area contributed by atoms with Crippen LogP contribution in [0.15, 0.2) is 53.6 Å². The third-order valence-corrected chi connectivity index (χ3v) is 6.85. The largest absolute Gasteiger partial charge is 0.392 e. The summed E-state index contributed by atoms with van der Waals surface area (Å²) in [6.07, 6.45) is 2.85. The van der Waals surface area contributed by atoms with Gasteiger partial charge in [-0.15, -0.1) is 0 Å². The van der Waals surface area contributed by atoms with E-state index in [0.29, 0.717) is 43.8 Å². The summed E-state index contributed by atoms with van der Waals surface area (Å²) in [7, 11) is -1.52. The average Bonchev–Trinajstić information content (AvgIpc) is 2.84. The van der Waals surface area contributed by atoms with Crippen molar-refractivity contribution in [1.82, 2.24) is 9.97 Å². The van der Waals surface area contributed by atoms with E-state index in [-0.39, 0.29) is 11.5 Å². The first kappa shape index (κ1) is 23.9. The lowest BCUT2D eigenvalue weighted by Gasteiger charge is -2.29. The van der Waals surface area contributed by atoms with Crippen LogP contribution in [0.25, 0.3) is 0 Å². The second kappa shape index (κ2) is 9.96. The van der Waals surface area contributed by atoms with E-state index in [9.17, 15) is 13.5 Å². The normalized spacial score (nSPS) is 14.2. The fraction of sp³-hybridized carbons (Fsp3) is 0.333. The fourth-order valence-corrected chi connectivity index (χ4v) is 4.51. The molecule has 0 spiro atoms. The third kappa shape index (κ3) is 5.46. The molecule has 1 fully saturated rings. The Labute approximate surface area is 200 Å². The molecule has 2 heterocycles. The van der Waals surface area contributed by atoms with Gasteiger partial charge >= 0.3 is 0 Å². The summed E-state index contributed by atoms with van der Waals surface area (Å²) >= 11 is 0. The minimum atomic E-state index is -3.42. The van der Waals surface area contributed by atoms with E-state index in [2.05, 4.69) is 20.2 Å². The molecule has 1 aromatic heterocycles. The molecular formula is C24H29N5O4S. The van der Waals surface area contributed by atoms with Crippen LogP contribution in [-0.4, -0.2) is 63.1 Å². The number of nitrogens with zero attached hydrogens (tertiary/aromatic N) is 4. The first-order chi connectivity index (χ1) is 16.2. The van der Waals surface area contributed by atoms with Crippen molar-refractivity contribution in [3.05, 3.63) is 59.8 Å². The summed E-state index contributed by atoms with van der Waals surface area (Å²) in [6.45, 7) is 4.53. The monoisotopic (exact) mass is 483 g/mol. The number of benzene rings is 2. The van der Waals surface area contributed by atoms with Crippen LogP contribution in [0.4, 0.5) is 28.8 Å². The molecule has 2 aromatic carbocycles. The van der Waals surface area contributed by atoms with Gasteiger partial charge in [0.1, 0.15) is 5.82 Å². The summed E-state index contributed by atoms with van der Waals surface area (Å²) in [6, 6.07) is 12.7. The van der Waals surface area contributed by atoms with E-state index < -0.39 is 9.84 Å². The number of anilines is 5. The van der Waals surface area contributed by atoms with Crippen molar-refractivity contribution in [2.75, 3.05) is 54.7 Å². The van der Waals surface area contributed by atoms with E-state index in [1.54, 1.807) is 24.4 Å². The number of nitrogens with one attached hydrogen (secondary N) is 1. The van der Waals surface area contributed by atoms with Crippen molar-refractivity contribution in [3.8, 4) is 0 Å². The summed E-state index contributed by atoms with van der Waals surface area (Å²) < 4.78 is 30.1. The first-order valence-electron chi connectivity index (χ1n) is 11.0. The molecule has 0 saturated carbocycles. The molecule has 0 aliphatic carbocycles. The molecule has 0 atom stereocenters. The van der Waals surface area contributed by atoms with Gasteiger partial charge in [-0.1, -0.05) is 12.1 Å². The van der Waals surface area contributed by atoms with E-state index in [1.807, 2.05) is 43.1 Å². The van der Waals surface area contributed by atoms with E-state index in [0.717, 1.165) is 22.5 Å². The van der Waals surface area contributed by atoms with Gasteiger partial charge in [-0.3, -0.25) is 0 Å². The number of aliphatic hydroxyl groups is 1. The van der Waals surface area contributed by atoms with Crippen LogP contribution >= 0.6 is 0 Å². The molecule has 0 amide bonds. The zero-order chi connectivity index (χ0) is 24.3. The molecule has 3 aromatic rings. The third-order valence-electron chi connectivity index (χ3n) is 5.75. The van der Waals surface area contributed by atoms with Crippen LogP contribution in [0.1, 0.15) is 11.1 Å². The topological polar surface area (TPSA) is 108 Å². The highest BCUT2D eigenvalue weighted by Gasteiger charge is 2.17. The van der Waals surface area contributed by atoms with Crippen LogP contribution in [0, 0.1) is 6.92 Å². The Morgan fingerprint density at radius 1 is 1.15 bits per heavy atom. The second-order valence-electron chi connectivity index (χ2n) is 8.29. The highest BCUT2D eigenvalue weighted by molar-refractivity contribution is 7.90. The zero-order valence-electron chi connectivity index (χ0n) is 19.5. The molecule has 0 radical (unpaired) electrons. The van der Waals surface area contributed by atoms with Crippen molar-refractivity contribution in [1.29, 1.82) is 0 Å². The Morgan fingerprint density at radius 3 is 2.62 bits per heavy atom. The molecule has 1 aliphatic rings. The van der Waals surface area contributed by atoms with Gasteiger partial charge in [0.05, 0.1) is 24.7 Å². The molecule has 2 N–H and O–H groups in total. The molecule has 10 heteroatoms. The Hall–Kier alpha value is -3.21. The molecule has 1 aliphatic heterocycles. The summed E-state index contributed by atoms with van der Waals surface area (Å²) in [4.78, 5) is 13.2. The Balaban J connectivity index is 1.65. The Bertz CT molecular complexity index is 1280. The lowest BCUT2D eigenvalue weighted by molar-refractivity contribution is 0.122. The van der Waals surface area contributed by atoms with Gasteiger partial charge in [0.15, 0.2) is 9.84 Å². The van der Waals surface area contributed by atoms with Crippen LogP contribution < -0.4 is 15.1 Å². The maximum Gasteiger partial charge on any atom is 0.229 e. The minimum absolute atomic E-state index is 0.0418. The predicted molar refractivity (Wildman–Crippen MR) is 133 cm³/mol. The number of ether oxygens (including phenoxy) is 1. The molecule has 4 rings (SSSR count). The number of aliphatic hydroxyl groups excluding tert-OH is 1. The number of morpholine rings is 1. The Morgan fingerprint density at radius 2 is 1.91 bits per heavy atom. The quantitative estimate of drug-likeness (QED) is 0.524. The molecule has 0 bridgehead atoms. The van der Waals surface area contributed by atoms with E-state index in [1.165, 1.54) is 6.26 Å². The first-order valence-corrected chi connectivity index (χ1v) is 12.9. The number of hydrogen-bond acceptors (Lipinski definition) is 9. The smallest absolute Gasteiger partial charge is 0.229 e. The van der Waals surface area contributed by atoms with E-state index >= 15 is 0 Å². The van der Waals surface area contributed by atoms with Gasteiger partial charge in [-0.25, -0.2) is 13.4 Å². The summed E-state index contributed by atoms with van der Waals surface area (Å²) in [5.41, 5.74) is 4.17. The molecular weight excluding hydrogens is 454 g/mol. The number of sulfone groups is 1. The van der Waals surface area contributed by atoms with Crippen molar-refractivity contribution in [2.45, 2.75) is 18.4 Å². The number of hydrogen-bond donors (Lipinski definition) is 2. The van der Waals surface area contributed by atoms with Crippen molar-refractivity contribution >= 4 is 38.7 Å². The standard InChI is InChI=1S/C24H29N5O4S/c1-17-4-5-18(16-30)12-22(17)28(2)23-6-7-25-24(27-23)26-19-13-20(29-8-10-33-11-9-29)15-21(14-19)34(3,31)32/h4-7,12-15,30H,8-11,16H2,1-3H3,(H,25,26,27). The molecule has 180 valence electrons. The maximum atomic E-state index is 12.3. The van der Waals surface area contributed by atoms with Gasteiger partial charge in [0.2, 0.25) is 5.95 Å². The lowest BCUT2D eigenvalue weighted by Crippen LogP contribution is -2.36. The van der Waals surface area contributed by atoms with Crippen molar-refractivity contribution in [3.63, 3.8) is 0 Å². The van der Waals surface area contributed by atoms with Crippen LogP contribution in [0.2, 0.25) is 0 Å². The predicted octanol–water partition coefficient (Wildman–Crippen LogP) is 3.03. The van der Waals surface area contributed by atoms with Gasteiger partial charge in [-0.2, -0.15) is 4.98 Å². The van der Waals surface area contributed by atoms with Gasteiger partial charge < -0.3 is 25.0 Å². The summed E-state index contributed by atoms with van der Waals surface area (Å²) in [5, 5.41) is 12.7. The van der Waals surface area contributed by atoms with Gasteiger partial charge in [0.25, 0.3) is 0 Å². The molecule has 34 heavy (non-hydrogen) atoms. The fourth-order valence-electron chi connectivity index (χ4n) is 3.84. The van der Waals surface area contributed by atoms with Gasteiger partial charge in [-0.05, 0) is 48.4 Å². The maximum absolute atomic E-state index is 12.3. The van der Waals surface area contributed by atoms with Crippen molar-refractivity contribution < 1.29 is 18.3 Å². The molecule has 1 saturated heterocycles. The number of rotatable bonds is 7. The van der Waals surface area contributed by atoms with E-state index in [4.69, 9.17) is 4.74 Å². The average molecular weight is 484 g/mol. The molecule has 9 nitrogen and oxygen atoms in total.